The molecule has 0 radical (unpaired) electrons. The number of hydrogen-bond acceptors (Lipinski definition) is 5. The van der Waals surface area contributed by atoms with Crippen molar-refractivity contribution in [3.8, 4) is 11.6 Å². The first kappa shape index (κ1) is 28.0. The molecule has 1 aromatic heterocycles. The van der Waals surface area contributed by atoms with Crippen LogP contribution in [0.1, 0.15) is 43.4 Å². The first-order valence-electron chi connectivity index (χ1n) is 12.9. The Labute approximate surface area is 233 Å². The zero-order valence-electron chi connectivity index (χ0n) is 21.2. The fourth-order valence-corrected chi connectivity index (χ4v) is 4.78. The normalized spacial score (nSPS) is 14.7. The van der Waals surface area contributed by atoms with Crippen LogP contribution in [0.25, 0.3) is 5.69 Å². The molecule has 1 atom stereocenters. The molecular formula is C28H33Cl2N5O3. The lowest BCUT2D eigenvalue weighted by molar-refractivity contribution is -0.127. The quantitative estimate of drug-likeness (QED) is 0.318. The molecule has 10 heteroatoms. The largest absolute Gasteiger partial charge is 0.478 e. The van der Waals surface area contributed by atoms with Crippen LogP contribution < -0.4 is 15.8 Å². The molecule has 0 aliphatic carbocycles. The first-order valence-corrected chi connectivity index (χ1v) is 13.7. The highest BCUT2D eigenvalue weighted by molar-refractivity contribution is 6.42. The smallest absolute Gasteiger partial charge is 0.240 e. The Balaban J connectivity index is 1.35. The van der Waals surface area contributed by atoms with E-state index < -0.39 is 11.9 Å². The van der Waals surface area contributed by atoms with Crippen molar-refractivity contribution in [3.63, 3.8) is 0 Å². The van der Waals surface area contributed by atoms with Gasteiger partial charge in [0.25, 0.3) is 0 Å². The number of ether oxygens (including phenoxy) is 1. The summed E-state index contributed by atoms with van der Waals surface area (Å²) in [5.41, 5.74) is 8.08. The molecule has 1 saturated heterocycles. The van der Waals surface area contributed by atoms with Crippen LogP contribution in [0.5, 0.6) is 5.88 Å². The molecule has 1 fully saturated rings. The van der Waals surface area contributed by atoms with Gasteiger partial charge in [-0.3, -0.25) is 14.5 Å². The lowest BCUT2D eigenvalue weighted by Crippen LogP contribution is -2.45. The second kappa shape index (κ2) is 13.6. The van der Waals surface area contributed by atoms with Gasteiger partial charge >= 0.3 is 0 Å². The van der Waals surface area contributed by atoms with Gasteiger partial charge in [0.1, 0.15) is 6.04 Å². The molecule has 2 aromatic carbocycles. The van der Waals surface area contributed by atoms with Crippen LogP contribution in [0.4, 0.5) is 0 Å². The fraction of sp³-hybridized carbons (Fsp3) is 0.393. The zero-order valence-corrected chi connectivity index (χ0v) is 22.8. The van der Waals surface area contributed by atoms with Crippen LogP contribution in [0.15, 0.2) is 54.6 Å². The highest BCUT2D eigenvalue weighted by Crippen LogP contribution is 2.28. The van der Waals surface area contributed by atoms with Gasteiger partial charge in [-0.2, -0.15) is 5.10 Å². The second-order valence-corrected chi connectivity index (χ2v) is 10.3. The van der Waals surface area contributed by atoms with Crippen molar-refractivity contribution in [3.05, 3.63) is 75.9 Å². The van der Waals surface area contributed by atoms with Gasteiger partial charge in [0.05, 0.1) is 28.0 Å². The average molecular weight is 559 g/mol. The summed E-state index contributed by atoms with van der Waals surface area (Å²) < 4.78 is 7.78. The number of nitrogens with zero attached hydrogens (tertiary/aromatic N) is 3. The zero-order chi connectivity index (χ0) is 26.9. The maximum absolute atomic E-state index is 12.5. The molecule has 1 aliphatic rings. The molecule has 202 valence electrons. The van der Waals surface area contributed by atoms with Gasteiger partial charge in [-0.15, -0.1) is 0 Å². The molecule has 8 nitrogen and oxygen atoms in total. The number of nitrogens with two attached hydrogens (primary N) is 1. The number of likely N-dealkylation sites (tertiary alicyclic amines) is 1. The van der Waals surface area contributed by atoms with E-state index in [1.165, 1.54) is 19.3 Å². The van der Waals surface area contributed by atoms with Crippen LogP contribution >= 0.6 is 23.2 Å². The molecule has 0 bridgehead atoms. The van der Waals surface area contributed by atoms with Crippen LogP contribution in [-0.4, -0.2) is 52.2 Å². The number of halogens is 2. The first-order chi connectivity index (χ1) is 18.4. The van der Waals surface area contributed by atoms with E-state index in [9.17, 15) is 9.59 Å². The minimum Gasteiger partial charge on any atom is -0.478 e. The van der Waals surface area contributed by atoms with Gasteiger partial charge < -0.3 is 15.8 Å². The standard InChI is InChI=1S/C28H33Cl2N5O3/c29-23-12-11-22(18-24(23)30)35-27(17-21(33-35)19-34-13-5-2-6-14-34)38-15-7-10-26(36)32-25(28(31)37)16-20-8-3-1-4-9-20/h1,3-4,8-9,11-12,17-18,25H,2,5-7,10,13-16,19H2,(H2,31,37)(H,32,36)/t25-/m0/s1. The van der Waals surface area contributed by atoms with Crippen molar-refractivity contribution < 1.29 is 14.3 Å². The van der Waals surface area contributed by atoms with Crippen LogP contribution in [0.2, 0.25) is 10.0 Å². The number of aromatic nitrogens is 2. The number of benzene rings is 2. The Kier molecular flexibility index (Phi) is 10.0. The van der Waals surface area contributed by atoms with Crippen LogP contribution in [0, 0.1) is 0 Å². The molecule has 0 spiro atoms. The van der Waals surface area contributed by atoms with E-state index >= 15 is 0 Å². The monoisotopic (exact) mass is 557 g/mol. The summed E-state index contributed by atoms with van der Waals surface area (Å²) in [4.78, 5) is 26.8. The van der Waals surface area contributed by atoms with Crippen molar-refractivity contribution >= 4 is 35.0 Å². The predicted molar refractivity (Wildman–Crippen MR) is 149 cm³/mol. The second-order valence-electron chi connectivity index (χ2n) is 9.49. The lowest BCUT2D eigenvalue weighted by Gasteiger charge is -2.25. The summed E-state index contributed by atoms with van der Waals surface area (Å²) in [6, 6.07) is 15.9. The molecule has 3 N–H and O–H groups in total. The van der Waals surface area contributed by atoms with Crippen LogP contribution in [-0.2, 0) is 22.6 Å². The van der Waals surface area contributed by atoms with Crippen molar-refractivity contribution in [2.24, 2.45) is 5.73 Å². The molecule has 2 heterocycles. The molecule has 4 rings (SSSR count). The van der Waals surface area contributed by atoms with Gasteiger partial charge in [0.2, 0.25) is 17.7 Å². The number of amides is 2. The number of carbonyl (C=O) groups excluding carboxylic acids is 2. The predicted octanol–water partition coefficient (Wildman–Crippen LogP) is 4.54. The van der Waals surface area contributed by atoms with Crippen LogP contribution in [0.3, 0.4) is 0 Å². The Morgan fingerprint density at radius 2 is 1.79 bits per heavy atom. The average Bonchev–Trinajstić information content (AvgIpc) is 3.31. The topological polar surface area (TPSA) is 102 Å². The summed E-state index contributed by atoms with van der Waals surface area (Å²) in [5.74, 6) is -0.253. The maximum atomic E-state index is 12.5. The number of primary amides is 1. The Hall–Kier alpha value is -3.07. The van der Waals surface area contributed by atoms with E-state index in [-0.39, 0.29) is 12.3 Å². The van der Waals surface area contributed by atoms with E-state index in [0.29, 0.717) is 35.4 Å². The fourth-order valence-electron chi connectivity index (χ4n) is 4.49. The highest BCUT2D eigenvalue weighted by atomic mass is 35.5. The third-order valence-electron chi connectivity index (χ3n) is 6.47. The molecular weight excluding hydrogens is 525 g/mol. The molecule has 1 aliphatic heterocycles. The molecule has 3 aromatic rings. The molecule has 2 amide bonds. The van der Waals surface area contributed by atoms with Crippen molar-refractivity contribution in [2.45, 2.75) is 51.1 Å². The summed E-state index contributed by atoms with van der Waals surface area (Å²) in [7, 11) is 0. The summed E-state index contributed by atoms with van der Waals surface area (Å²) in [5, 5.41) is 8.41. The van der Waals surface area contributed by atoms with Crippen molar-refractivity contribution in [2.75, 3.05) is 19.7 Å². The van der Waals surface area contributed by atoms with Gasteiger partial charge in [0, 0.05) is 25.5 Å². The maximum Gasteiger partial charge on any atom is 0.240 e. The van der Waals surface area contributed by atoms with Gasteiger partial charge in [-0.1, -0.05) is 60.0 Å². The van der Waals surface area contributed by atoms with E-state index in [4.69, 9.17) is 38.8 Å². The van der Waals surface area contributed by atoms with Crippen molar-refractivity contribution in [1.29, 1.82) is 0 Å². The minimum atomic E-state index is -0.765. The number of carbonyl (C=O) groups is 2. The van der Waals surface area contributed by atoms with Gasteiger partial charge in [0.15, 0.2) is 0 Å². The third-order valence-corrected chi connectivity index (χ3v) is 7.21. The Morgan fingerprint density at radius 1 is 1.03 bits per heavy atom. The Bertz CT molecular complexity index is 1230. The van der Waals surface area contributed by atoms with E-state index in [1.54, 1.807) is 16.8 Å². The number of nitrogens with one attached hydrogen (secondary N) is 1. The summed E-state index contributed by atoms with van der Waals surface area (Å²) in [6.45, 7) is 3.15. The molecule has 0 saturated carbocycles. The number of piperidine rings is 1. The Morgan fingerprint density at radius 3 is 2.50 bits per heavy atom. The summed E-state index contributed by atoms with van der Waals surface area (Å²) in [6.07, 6.45) is 4.65. The lowest BCUT2D eigenvalue weighted by atomic mass is 10.1. The number of rotatable bonds is 12. The molecule has 38 heavy (non-hydrogen) atoms. The minimum absolute atomic E-state index is 0.195. The van der Waals surface area contributed by atoms with E-state index in [1.807, 2.05) is 42.5 Å². The highest BCUT2D eigenvalue weighted by Gasteiger charge is 2.19. The SMILES string of the molecule is NC(=O)[C@H](Cc1ccccc1)NC(=O)CCCOc1cc(CN2CCCCC2)nn1-c1ccc(Cl)c(Cl)c1. The summed E-state index contributed by atoms with van der Waals surface area (Å²) >= 11 is 12.4. The van der Waals surface area contributed by atoms with Gasteiger partial charge in [-0.05, 0) is 56.1 Å². The third kappa shape index (κ3) is 7.96. The molecule has 0 unspecified atom stereocenters. The number of hydrogen-bond donors (Lipinski definition) is 2. The van der Waals surface area contributed by atoms with Crippen molar-refractivity contribution in [1.82, 2.24) is 20.0 Å². The van der Waals surface area contributed by atoms with E-state index in [2.05, 4.69) is 10.2 Å². The van der Waals surface area contributed by atoms with Gasteiger partial charge in [-0.25, -0.2) is 4.68 Å². The van der Waals surface area contributed by atoms with E-state index in [0.717, 1.165) is 36.6 Å².